The molecule has 1 aliphatic rings. The van der Waals surface area contributed by atoms with Crippen molar-refractivity contribution in [2.45, 2.75) is 0 Å². The van der Waals surface area contributed by atoms with Gasteiger partial charge >= 0.3 is 0 Å². The SMILES string of the molecule is Fc1cncc(-c2cc3c(-c4nc5c(N6CCOCC6)cncc5[nH]4)n[nH]c3cn2)c1. The summed E-state index contributed by atoms with van der Waals surface area (Å²) in [6.45, 7) is 2.96. The van der Waals surface area contributed by atoms with Crippen LogP contribution in [0.1, 0.15) is 0 Å². The highest BCUT2D eigenvalue weighted by Crippen LogP contribution is 2.31. The number of pyridine rings is 3. The molecule has 0 spiro atoms. The van der Waals surface area contributed by atoms with Crippen molar-refractivity contribution in [3.8, 4) is 22.8 Å². The van der Waals surface area contributed by atoms with Gasteiger partial charge in [-0.15, -0.1) is 0 Å². The van der Waals surface area contributed by atoms with Crippen LogP contribution in [0, 0.1) is 5.82 Å². The van der Waals surface area contributed by atoms with Gasteiger partial charge in [-0.1, -0.05) is 0 Å². The molecule has 1 saturated heterocycles. The molecular formula is C21H17FN8O. The first kappa shape index (κ1) is 17.9. The van der Waals surface area contributed by atoms with Gasteiger partial charge in [-0.3, -0.25) is 20.1 Å². The van der Waals surface area contributed by atoms with Crippen molar-refractivity contribution in [2.75, 3.05) is 31.2 Å². The number of nitrogens with zero attached hydrogens (tertiary/aromatic N) is 6. The Morgan fingerprint density at radius 3 is 2.71 bits per heavy atom. The Bertz CT molecular complexity index is 1410. The number of anilines is 1. The number of aromatic amines is 2. The van der Waals surface area contributed by atoms with Crippen LogP contribution in [0.15, 0.2) is 43.1 Å². The Kier molecular flexibility index (Phi) is 4.10. The summed E-state index contributed by atoms with van der Waals surface area (Å²) in [6, 6.07) is 3.27. The van der Waals surface area contributed by atoms with Crippen molar-refractivity contribution in [3.05, 3.63) is 48.9 Å². The number of H-pyrrole nitrogens is 2. The van der Waals surface area contributed by atoms with Gasteiger partial charge in [0.15, 0.2) is 5.82 Å². The molecule has 0 unspecified atom stereocenters. The predicted octanol–water partition coefficient (Wildman–Crippen LogP) is 2.93. The van der Waals surface area contributed by atoms with Crippen molar-refractivity contribution in [3.63, 3.8) is 0 Å². The molecule has 5 aromatic rings. The summed E-state index contributed by atoms with van der Waals surface area (Å²) < 4.78 is 19.1. The molecule has 2 N–H and O–H groups in total. The summed E-state index contributed by atoms with van der Waals surface area (Å²) >= 11 is 0. The topological polar surface area (TPSA) is 109 Å². The van der Waals surface area contributed by atoms with Crippen LogP contribution in [-0.4, -0.2) is 61.4 Å². The third-order valence-electron chi connectivity index (χ3n) is 5.40. The van der Waals surface area contributed by atoms with Gasteiger partial charge in [0, 0.05) is 30.2 Å². The molecule has 0 aromatic carbocycles. The molecule has 0 atom stereocenters. The number of morpholine rings is 1. The molecule has 9 nitrogen and oxygen atoms in total. The van der Waals surface area contributed by atoms with Crippen molar-refractivity contribution < 1.29 is 9.13 Å². The number of imidazole rings is 1. The third-order valence-corrected chi connectivity index (χ3v) is 5.40. The fraction of sp³-hybridized carbons (Fsp3) is 0.190. The normalized spacial score (nSPS) is 14.5. The van der Waals surface area contributed by atoms with Gasteiger partial charge in [-0.25, -0.2) is 9.37 Å². The zero-order valence-corrected chi connectivity index (χ0v) is 16.3. The molecule has 1 fully saturated rings. The lowest BCUT2D eigenvalue weighted by atomic mass is 10.1. The average Bonchev–Trinajstić information content (AvgIpc) is 3.43. The monoisotopic (exact) mass is 416 g/mol. The van der Waals surface area contributed by atoms with E-state index >= 15 is 0 Å². The van der Waals surface area contributed by atoms with E-state index in [0.717, 1.165) is 40.7 Å². The Labute approximate surface area is 175 Å². The second kappa shape index (κ2) is 7.10. The van der Waals surface area contributed by atoms with E-state index in [2.05, 4.69) is 35.0 Å². The molecule has 0 amide bonds. The summed E-state index contributed by atoms with van der Waals surface area (Å²) in [5, 5.41) is 8.28. The molecule has 6 heterocycles. The highest BCUT2D eigenvalue weighted by atomic mass is 19.1. The number of fused-ring (bicyclic) bond motifs is 2. The number of halogens is 1. The number of aromatic nitrogens is 7. The smallest absolute Gasteiger partial charge is 0.159 e. The van der Waals surface area contributed by atoms with Crippen molar-refractivity contribution in [2.24, 2.45) is 0 Å². The minimum absolute atomic E-state index is 0.410. The fourth-order valence-corrected chi connectivity index (χ4v) is 3.87. The zero-order chi connectivity index (χ0) is 20.8. The quantitative estimate of drug-likeness (QED) is 0.465. The van der Waals surface area contributed by atoms with Crippen molar-refractivity contribution in [1.82, 2.24) is 35.1 Å². The van der Waals surface area contributed by atoms with E-state index in [-0.39, 0.29) is 0 Å². The molecular weight excluding hydrogens is 399 g/mol. The number of nitrogens with one attached hydrogen (secondary N) is 2. The molecule has 6 rings (SSSR count). The van der Waals surface area contributed by atoms with Crippen LogP contribution in [0.4, 0.5) is 10.1 Å². The van der Waals surface area contributed by atoms with Gasteiger partial charge in [0.2, 0.25) is 0 Å². The first-order valence-electron chi connectivity index (χ1n) is 9.88. The fourth-order valence-electron chi connectivity index (χ4n) is 3.87. The predicted molar refractivity (Wildman–Crippen MR) is 113 cm³/mol. The lowest BCUT2D eigenvalue weighted by Gasteiger charge is -2.28. The van der Waals surface area contributed by atoms with Gasteiger partial charge < -0.3 is 14.6 Å². The van der Waals surface area contributed by atoms with Crippen LogP contribution in [0.5, 0.6) is 0 Å². The van der Waals surface area contributed by atoms with Crippen molar-refractivity contribution >= 4 is 27.6 Å². The van der Waals surface area contributed by atoms with E-state index in [0.29, 0.717) is 36.0 Å². The maximum absolute atomic E-state index is 13.6. The van der Waals surface area contributed by atoms with Crippen LogP contribution in [0.25, 0.3) is 44.7 Å². The number of hydrogen-bond donors (Lipinski definition) is 2. The highest BCUT2D eigenvalue weighted by molar-refractivity contribution is 5.96. The Morgan fingerprint density at radius 1 is 0.968 bits per heavy atom. The van der Waals surface area contributed by atoms with Crippen LogP contribution in [0.3, 0.4) is 0 Å². The minimum Gasteiger partial charge on any atom is -0.378 e. The van der Waals surface area contributed by atoms with E-state index in [1.165, 1.54) is 12.3 Å². The van der Waals surface area contributed by atoms with Crippen LogP contribution in [-0.2, 0) is 4.74 Å². The number of hydrogen-bond acceptors (Lipinski definition) is 7. The maximum atomic E-state index is 13.6. The summed E-state index contributed by atoms with van der Waals surface area (Å²) in [7, 11) is 0. The second-order valence-electron chi connectivity index (χ2n) is 7.32. The molecule has 31 heavy (non-hydrogen) atoms. The van der Waals surface area contributed by atoms with Gasteiger partial charge in [-0.2, -0.15) is 5.10 Å². The summed E-state index contributed by atoms with van der Waals surface area (Å²) in [4.78, 5) is 23.1. The lowest BCUT2D eigenvalue weighted by Crippen LogP contribution is -2.36. The second-order valence-corrected chi connectivity index (χ2v) is 7.32. The lowest BCUT2D eigenvalue weighted by molar-refractivity contribution is 0.123. The van der Waals surface area contributed by atoms with E-state index in [9.17, 15) is 4.39 Å². The maximum Gasteiger partial charge on any atom is 0.159 e. The average molecular weight is 416 g/mol. The summed E-state index contributed by atoms with van der Waals surface area (Å²) in [5.74, 6) is 0.213. The summed E-state index contributed by atoms with van der Waals surface area (Å²) in [5.41, 5.74) is 5.26. The number of rotatable bonds is 3. The van der Waals surface area contributed by atoms with Gasteiger partial charge in [-0.05, 0) is 12.1 Å². The van der Waals surface area contributed by atoms with E-state index in [1.54, 1.807) is 18.6 Å². The van der Waals surface area contributed by atoms with Crippen LogP contribution < -0.4 is 4.90 Å². The Morgan fingerprint density at radius 2 is 1.84 bits per heavy atom. The van der Waals surface area contributed by atoms with E-state index < -0.39 is 5.82 Å². The standard InChI is InChI=1S/C21H17FN8O/c22-13-5-12(7-23-8-13)15-6-14-16(10-25-15)28-29-19(14)21-26-17-9-24-11-18(20(17)27-21)30-1-3-31-4-2-30/h5-11H,1-4H2,(H,26,27)(H,28,29). The molecule has 0 saturated carbocycles. The largest absolute Gasteiger partial charge is 0.378 e. The molecule has 10 heteroatoms. The zero-order valence-electron chi connectivity index (χ0n) is 16.3. The third kappa shape index (κ3) is 3.08. The number of ether oxygens (including phenoxy) is 1. The molecule has 1 aliphatic heterocycles. The Hall–Kier alpha value is -3.92. The van der Waals surface area contributed by atoms with Crippen LogP contribution >= 0.6 is 0 Å². The molecule has 0 aliphatic carbocycles. The van der Waals surface area contributed by atoms with Gasteiger partial charge in [0.1, 0.15) is 17.0 Å². The van der Waals surface area contributed by atoms with Gasteiger partial charge in [0.05, 0.1) is 60.4 Å². The first-order valence-corrected chi connectivity index (χ1v) is 9.88. The van der Waals surface area contributed by atoms with E-state index in [4.69, 9.17) is 9.72 Å². The van der Waals surface area contributed by atoms with Crippen molar-refractivity contribution in [1.29, 1.82) is 0 Å². The van der Waals surface area contributed by atoms with E-state index in [1.807, 2.05) is 12.3 Å². The molecule has 5 aromatic heterocycles. The minimum atomic E-state index is -0.410. The first-order chi connectivity index (χ1) is 15.3. The highest BCUT2D eigenvalue weighted by Gasteiger charge is 2.19. The Balaban J connectivity index is 1.46. The molecule has 0 radical (unpaired) electrons. The van der Waals surface area contributed by atoms with Gasteiger partial charge in [0.25, 0.3) is 0 Å². The summed E-state index contributed by atoms with van der Waals surface area (Å²) in [6.07, 6.45) is 8.02. The van der Waals surface area contributed by atoms with Crippen LogP contribution in [0.2, 0.25) is 0 Å². The molecule has 0 bridgehead atoms. The molecule has 154 valence electrons.